The van der Waals surface area contributed by atoms with Gasteiger partial charge in [0.15, 0.2) is 0 Å². The number of nitrogens with one attached hydrogen (secondary N) is 2. The molecule has 0 unspecified atom stereocenters. The molecule has 2 N–H and O–H groups in total. The lowest BCUT2D eigenvalue weighted by Gasteiger charge is -1.95. The zero-order chi connectivity index (χ0) is 9.26. The summed E-state index contributed by atoms with van der Waals surface area (Å²) in [6.45, 7) is 0.735. The molecule has 1 aliphatic heterocycles. The van der Waals surface area contributed by atoms with Gasteiger partial charge >= 0.3 is 5.69 Å². The molecule has 0 aliphatic carbocycles. The molecule has 0 aromatic carbocycles. The van der Waals surface area contributed by atoms with Gasteiger partial charge in [-0.3, -0.25) is 14.8 Å². The predicted molar refractivity (Wildman–Crippen MR) is 51.5 cm³/mol. The van der Waals surface area contributed by atoms with Crippen molar-refractivity contribution in [2.75, 3.05) is 12.3 Å². The van der Waals surface area contributed by atoms with E-state index in [0.29, 0.717) is 10.6 Å². The van der Waals surface area contributed by atoms with E-state index in [1.807, 2.05) is 0 Å². The van der Waals surface area contributed by atoms with Gasteiger partial charge < -0.3 is 4.98 Å². The number of thioether (sulfide) groups is 1. The minimum absolute atomic E-state index is 0.378. The monoisotopic (exact) mass is 197 g/mol. The minimum atomic E-state index is -0.489. The molecule has 1 aliphatic rings. The SMILES string of the molecule is O=c1[nH]cc(C2=NCCS2)c(=O)[nH]1. The quantitative estimate of drug-likeness (QED) is 0.640. The molecule has 0 saturated carbocycles. The van der Waals surface area contributed by atoms with E-state index in [9.17, 15) is 9.59 Å². The molecular weight excluding hydrogens is 190 g/mol. The average molecular weight is 197 g/mol. The van der Waals surface area contributed by atoms with E-state index in [1.54, 1.807) is 0 Å². The summed E-state index contributed by atoms with van der Waals surface area (Å²) in [6.07, 6.45) is 1.40. The Balaban J connectivity index is 2.52. The zero-order valence-corrected chi connectivity index (χ0v) is 7.48. The standard InChI is InChI=1S/C7H7N3O2S/c11-5-4(3-9-7(12)10-5)6-8-1-2-13-6/h3H,1-2H2,(H2,9,10,11,12). The highest BCUT2D eigenvalue weighted by atomic mass is 32.2. The third-order valence-corrected chi connectivity index (χ3v) is 2.64. The van der Waals surface area contributed by atoms with Crippen LogP contribution in [-0.4, -0.2) is 27.3 Å². The smallest absolute Gasteiger partial charge is 0.313 e. The van der Waals surface area contributed by atoms with Crippen LogP contribution in [0.5, 0.6) is 0 Å². The maximum atomic E-state index is 11.3. The van der Waals surface area contributed by atoms with Crippen LogP contribution >= 0.6 is 11.8 Å². The van der Waals surface area contributed by atoms with Crippen LogP contribution in [0.4, 0.5) is 0 Å². The van der Waals surface area contributed by atoms with Crippen molar-refractivity contribution in [2.24, 2.45) is 4.99 Å². The van der Waals surface area contributed by atoms with E-state index in [2.05, 4.69) is 15.0 Å². The second kappa shape index (κ2) is 3.21. The molecule has 0 amide bonds. The molecule has 68 valence electrons. The number of aromatic amines is 2. The molecule has 1 aromatic heterocycles. The predicted octanol–water partition coefficient (Wildman–Crippen LogP) is -0.443. The van der Waals surface area contributed by atoms with Gasteiger partial charge in [-0.25, -0.2) is 4.79 Å². The van der Waals surface area contributed by atoms with Gasteiger partial charge in [-0.05, 0) is 0 Å². The molecule has 6 heteroatoms. The van der Waals surface area contributed by atoms with E-state index >= 15 is 0 Å². The Kier molecular flexibility index (Phi) is 2.05. The topological polar surface area (TPSA) is 78.1 Å². The number of nitrogens with zero attached hydrogens (tertiary/aromatic N) is 1. The molecule has 0 atom stereocenters. The van der Waals surface area contributed by atoms with Crippen LogP contribution in [0, 0.1) is 0 Å². The molecule has 0 bridgehead atoms. The van der Waals surface area contributed by atoms with Crippen LogP contribution in [0.3, 0.4) is 0 Å². The van der Waals surface area contributed by atoms with Crippen LogP contribution < -0.4 is 11.2 Å². The van der Waals surface area contributed by atoms with Gasteiger partial charge in [-0.1, -0.05) is 0 Å². The van der Waals surface area contributed by atoms with Crippen molar-refractivity contribution in [3.05, 3.63) is 32.6 Å². The van der Waals surface area contributed by atoms with Gasteiger partial charge in [-0.15, -0.1) is 11.8 Å². The van der Waals surface area contributed by atoms with Crippen LogP contribution in [0.25, 0.3) is 0 Å². The first kappa shape index (κ1) is 8.31. The van der Waals surface area contributed by atoms with Crippen molar-refractivity contribution >= 4 is 16.8 Å². The fourth-order valence-corrected chi connectivity index (χ4v) is 1.93. The van der Waals surface area contributed by atoms with Gasteiger partial charge in [0.25, 0.3) is 5.56 Å². The Morgan fingerprint density at radius 1 is 1.46 bits per heavy atom. The summed E-state index contributed by atoms with van der Waals surface area (Å²) >= 11 is 1.52. The van der Waals surface area contributed by atoms with Crippen molar-refractivity contribution in [3.8, 4) is 0 Å². The second-order valence-electron chi connectivity index (χ2n) is 2.52. The molecule has 1 aromatic rings. The number of aliphatic imine (C=N–C) groups is 1. The normalized spacial score (nSPS) is 15.8. The second-order valence-corrected chi connectivity index (χ2v) is 3.60. The number of hydrogen-bond donors (Lipinski definition) is 2. The third kappa shape index (κ3) is 1.57. The largest absolute Gasteiger partial charge is 0.325 e. The number of hydrogen-bond acceptors (Lipinski definition) is 4. The van der Waals surface area contributed by atoms with Crippen LogP contribution in [0.1, 0.15) is 5.56 Å². The molecule has 0 spiro atoms. The van der Waals surface area contributed by atoms with Crippen LogP contribution in [0.15, 0.2) is 20.8 Å². The Morgan fingerprint density at radius 2 is 2.31 bits per heavy atom. The Bertz CT molecular complexity index is 459. The van der Waals surface area contributed by atoms with Gasteiger partial charge in [0.05, 0.1) is 5.56 Å². The molecule has 0 radical (unpaired) electrons. The summed E-state index contributed by atoms with van der Waals surface area (Å²) in [6, 6.07) is 0. The highest BCUT2D eigenvalue weighted by molar-refractivity contribution is 8.14. The van der Waals surface area contributed by atoms with Crippen LogP contribution in [0.2, 0.25) is 0 Å². The van der Waals surface area contributed by atoms with E-state index in [1.165, 1.54) is 18.0 Å². The maximum Gasteiger partial charge on any atom is 0.325 e. The number of aromatic nitrogens is 2. The lowest BCUT2D eigenvalue weighted by molar-refractivity contribution is 1.03. The van der Waals surface area contributed by atoms with Gasteiger partial charge in [0.1, 0.15) is 5.04 Å². The van der Waals surface area contributed by atoms with Gasteiger partial charge in [0.2, 0.25) is 0 Å². The van der Waals surface area contributed by atoms with E-state index in [0.717, 1.165) is 12.3 Å². The first-order valence-corrected chi connectivity index (χ1v) is 4.75. The number of rotatable bonds is 1. The van der Waals surface area contributed by atoms with E-state index in [-0.39, 0.29) is 5.56 Å². The van der Waals surface area contributed by atoms with Crippen molar-refractivity contribution < 1.29 is 0 Å². The Morgan fingerprint density at radius 3 is 2.92 bits per heavy atom. The third-order valence-electron chi connectivity index (χ3n) is 1.64. The maximum absolute atomic E-state index is 11.3. The minimum Gasteiger partial charge on any atom is -0.313 e. The first-order chi connectivity index (χ1) is 6.27. The van der Waals surface area contributed by atoms with Crippen molar-refractivity contribution in [1.82, 2.24) is 9.97 Å². The number of H-pyrrole nitrogens is 2. The molecule has 0 saturated heterocycles. The summed E-state index contributed by atoms with van der Waals surface area (Å²) in [5, 5.41) is 0.706. The van der Waals surface area contributed by atoms with Gasteiger partial charge in [0, 0.05) is 18.5 Å². The molecule has 2 rings (SSSR count). The fourth-order valence-electron chi connectivity index (χ4n) is 1.07. The van der Waals surface area contributed by atoms with Crippen LogP contribution in [-0.2, 0) is 0 Å². The lowest BCUT2D eigenvalue weighted by atomic mass is 10.4. The molecule has 5 nitrogen and oxygen atoms in total. The Hall–Kier alpha value is -1.30. The summed E-state index contributed by atoms with van der Waals surface area (Å²) < 4.78 is 0. The first-order valence-electron chi connectivity index (χ1n) is 3.77. The summed E-state index contributed by atoms with van der Waals surface area (Å²) in [5.41, 5.74) is -0.420. The van der Waals surface area contributed by atoms with Gasteiger partial charge in [-0.2, -0.15) is 0 Å². The summed E-state index contributed by atoms with van der Waals surface area (Å²) in [4.78, 5) is 30.7. The lowest BCUT2D eigenvalue weighted by Crippen LogP contribution is -2.26. The highest BCUT2D eigenvalue weighted by Gasteiger charge is 2.12. The van der Waals surface area contributed by atoms with E-state index in [4.69, 9.17) is 0 Å². The molecular formula is C7H7N3O2S. The highest BCUT2D eigenvalue weighted by Crippen LogP contribution is 2.15. The van der Waals surface area contributed by atoms with Crippen molar-refractivity contribution in [3.63, 3.8) is 0 Å². The van der Waals surface area contributed by atoms with E-state index < -0.39 is 5.69 Å². The molecule has 0 fully saturated rings. The Labute approximate surface area is 77.3 Å². The average Bonchev–Trinajstić information content (AvgIpc) is 2.56. The summed E-state index contributed by atoms with van der Waals surface area (Å²) in [5.74, 6) is 0.897. The zero-order valence-electron chi connectivity index (χ0n) is 6.66. The fraction of sp³-hybridized carbons (Fsp3) is 0.286. The van der Waals surface area contributed by atoms with Crippen molar-refractivity contribution in [1.29, 1.82) is 0 Å². The molecule has 13 heavy (non-hydrogen) atoms. The molecule has 2 heterocycles. The van der Waals surface area contributed by atoms with Crippen molar-refractivity contribution in [2.45, 2.75) is 0 Å². The summed E-state index contributed by atoms with van der Waals surface area (Å²) in [7, 11) is 0.